The lowest BCUT2D eigenvalue weighted by Crippen LogP contribution is -2.21. The van der Waals surface area contributed by atoms with Crippen molar-refractivity contribution in [1.29, 1.82) is 0 Å². The lowest BCUT2D eigenvalue weighted by molar-refractivity contribution is 0.207. The highest BCUT2D eigenvalue weighted by atomic mass is 16.5. The smallest absolute Gasteiger partial charge is 0.282 e. The molecule has 0 saturated heterocycles. The first-order chi connectivity index (χ1) is 18.3. The minimum atomic E-state index is -0.254. The van der Waals surface area contributed by atoms with Crippen LogP contribution in [0.5, 0.6) is 17.2 Å². The van der Waals surface area contributed by atoms with Crippen molar-refractivity contribution in [2.75, 3.05) is 14.2 Å². The van der Waals surface area contributed by atoms with E-state index in [0.717, 1.165) is 28.9 Å². The molecule has 38 heavy (non-hydrogen) atoms. The molecule has 0 fully saturated rings. The number of methoxy groups -OCH3 is 2. The molecule has 0 N–H and O–H groups in total. The zero-order valence-electron chi connectivity index (χ0n) is 23.1. The van der Waals surface area contributed by atoms with Gasteiger partial charge in [0.25, 0.3) is 5.56 Å². The Morgan fingerprint density at radius 3 is 2.42 bits per heavy atom. The first-order valence-corrected chi connectivity index (χ1v) is 12.9. The molecule has 0 bridgehead atoms. The summed E-state index contributed by atoms with van der Waals surface area (Å²) >= 11 is 0. The van der Waals surface area contributed by atoms with Gasteiger partial charge in [-0.2, -0.15) is 9.78 Å². The van der Waals surface area contributed by atoms with Crippen molar-refractivity contribution in [3.63, 3.8) is 0 Å². The number of aromatic nitrogens is 2. The van der Waals surface area contributed by atoms with E-state index in [9.17, 15) is 4.79 Å². The number of hydrogen-bond donors (Lipinski definition) is 0. The minimum Gasteiger partial charge on any atom is -0.496 e. The molecule has 3 aromatic carbocycles. The molecule has 7 nitrogen and oxygen atoms in total. The van der Waals surface area contributed by atoms with Crippen molar-refractivity contribution < 1.29 is 14.2 Å². The highest BCUT2D eigenvalue weighted by Crippen LogP contribution is 2.34. The third-order valence-electron chi connectivity index (χ3n) is 6.63. The fourth-order valence-corrected chi connectivity index (χ4v) is 4.30. The fraction of sp³-hybridized carbons (Fsp3) is 0.323. The van der Waals surface area contributed by atoms with Gasteiger partial charge in [-0.05, 0) is 73.7 Å². The van der Waals surface area contributed by atoms with Gasteiger partial charge in [0.1, 0.15) is 5.75 Å². The zero-order chi connectivity index (χ0) is 27.4. The summed E-state index contributed by atoms with van der Waals surface area (Å²) in [6.07, 6.45) is 2.45. The van der Waals surface area contributed by atoms with Crippen LogP contribution in [0.2, 0.25) is 0 Å². The van der Waals surface area contributed by atoms with Gasteiger partial charge in [-0.1, -0.05) is 39.0 Å². The Labute approximate surface area is 223 Å². The second kappa shape index (κ2) is 11.5. The summed E-state index contributed by atoms with van der Waals surface area (Å²) in [5.74, 6) is 2.66. The number of rotatable bonds is 9. The van der Waals surface area contributed by atoms with Crippen molar-refractivity contribution >= 4 is 17.1 Å². The number of hydrogen-bond acceptors (Lipinski definition) is 6. The van der Waals surface area contributed by atoms with Crippen LogP contribution in [0, 0.1) is 6.92 Å². The van der Waals surface area contributed by atoms with Gasteiger partial charge in [-0.25, -0.2) is 4.98 Å². The Morgan fingerprint density at radius 1 is 1.00 bits per heavy atom. The van der Waals surface area contributed by atoms with Gasteiger partial charge >= 0.3 is 0 Å². The largest absolute Gasteiger partial charge is 0.496 e. The van der Waals surface area contributed by atoms with Crippen molar-refractivity contribution in [2.24, 2.45) is 5.10 Å². The van der Waals surface area contributed by atoms with E-state index in [1.807, 2.05) is 62.4 Å². The molecule has 0 amide bonds. The van der Waals surface area contributed by atoms with Crippen LogP contribution in [-0.4, -0.2) is 36.2 Å². The van der Waals surface area contributed by atoms with Crippen LogP contribution in [0.4, 0.5) is 0 Å². The molecule has 0 saturated carbocycles. The maximum Gasteiger partial charge on any atom is 0.282 e. The summed E-state index contributed by atoms with van der Waals surface area (Å²) in [7, 11) is 3.27. The number of ether oxygens (including phenoxy) is 3. The molecule has 7 heteroatoms. The van der Waals surface area contributed by atoms with Crippen molar-refractivity contribution in [2.45, 2.75) is 53.1 Å². The van der Waals surface area contributed by atoms with Crippen LogP contribution >= 0.6 is 0 Å². The van der Waals surface area contributed by atoms with Crippen LogP contribution in [0.15, 0.2) is 64.5 Å². The molecule has 0 radical (unpaired) electrons. The Morgan fingerprint density at radius 2 is 1.74 bits per heavy atom. The second-order valence-electron chi connectivity index (χ2n) is 9.59. The molecule has 1 heterocycles. The number of nitrogens with zero attached hydrogens (tertiary/aromatic N) is 3. The van der Waals surface area contributed by atoms with Crippen molar-refractivity contribution in [3.05, 3.63) is 81.6 Å². The summed E-state index contributed by atoms with van der Waals surface area (Å²) in [6.45, 7) is 10.3. The molecule has 0 aliphatic rings. The van der Waals surface area contributed by atoms with E-state index in [4.69, 9.17) is 19.2 Å². The van der Waals surface area contributed by atoms with Gasteiger partial charge in [-0.3, -0.25) is 4.79 Å². The van der Waals surface area contributed by atoms with E-state index in [2.05, 4.69) is 25.9 Å². The summed E-state index contributed by atoms with van der Waals surface area (Å²) in [5.41, 5.74) is 3.83. The first kappa shape index (κ1) is 26.9. The monoisotopic (exact) mass is 513 g/mol. The van der Waals surface area contributed by atoms with Crippen LogP contribution in [-0.2, 0) is 0 Å². The fourth-order valence-electron chi connectivity index (χ4n) is 4.30. The molecule has 0 aliphatic carbocycles. The SMILES string of the molecule is CC[C@@H](C)Oc1c(C=Nn2c(-c3cc(C(C)C)c(OC)cc3C)nc3ccccc3c2=O)cccc1OC. The van der Waals surface area contributed by atoms with Gasteiger partial charge in [0.2, 0.25) is 0 Å². The maximum absolute atomic E-state index is 13.8. The van der Waals surface area contributed by atoms with Crippen molar-refractivity contribution in [3.8, 4) is 28.6 Å². The molecule has 4 rings (SSSR count). The highest BCUT2D eigenvalue weighted by molar-refractivity contribution is 5.86. The molecule has 0 spiro atoms. The Balaban J connectivity index is 1.96. The summed E-state index contributed by atoms with van der Waals surface area (Å²) in [6, 6.07) is 17.0. The summed E-state index contributed by atoms with van der Waals surface area (Å²) in [5, 5.41) is 5.17. The van der Waals surface area contributed by atoms with Gasteiger partial charge in [0.05, 0.1) is 37.4 Å². The predicted molar refractivity (Wildman–Crippen MR) is 153 cm³/mol. The Hall–Kier alpha value is -4.13. The molecular formula is C31H35N3O4. The molecule has 1 atom stereocenters. The minimum absolute atomic E-state index is 0.0181. The second-order valence-corrected chi connectivity index (χ2v) is 9.59. The molecule has 1 aromatic heterocycles. The Bertz CT molecular complexity index is 1540. The zero-order valence-corrected chi connectivity index (χ0v) is 23.1. The average molecular weight is 514 g/mol. The molecule has 198 valence electrons. The van der Waals surface area contributed by atoms with Crippen LogP contribution < -0.4 is 19.8 Å². The normalized spacial score (nSPS) is 12.3. The number of fused-ring (bicyclic) bond motifs is 1. The van der Waals surface area contributed by atoms with Gasteiger partial charge in [0, 0.05) is 11.1 Å². The van der Waals surface area contributed by atoms with Gasteiger partial charge in [0.15, 0.2) is 17.3 Å². The van der Waals surface area contributed by atoms with Gasteiger partial charge < -0.3 is 14.2 Å². The third kappa shape index (κ3) is 5.28. The van der Waals surface area contributed by atoms with Crippen LogP contribution in [0.1, 0.15) is 56.7 Å². The van der Waals surface area contributed by atoms with E-state index in [1.165, 1.54) is 4.68 Å². The van der Waals surface area contributed by atoms with Gasteiger partial charge in [-0.15, -0.1) is 0 Å². The number of aryl methyl sites for hydroxylation is 1. The van der Waals surface area contributed by atoms with E-state index < -0.39 is 0 Å². The number of para-hydroxylation sites is 2. The van der Waals surface area contributed by atoms with E-state index >= 15 is 0 Å². The van der Waals surface area contributed by atoms with E-state index in [-0.39, 0.29) is 17.6 Å². The maximum atomic E-state index is 13.8. The van der Waals surface area contributed by atoms with Crippen LogP contribution in [0.25, 0.3) is 22.3 Å². The van der Waals surface area contributed by atoms with Crippen molar-refractivity contribution in [1.82, 2.24) is 9.66 Å². The predicted octanol–water partition coefficient (Wildman–Crippen LogP) is 6.57. The topological polar surface area (TPSA) is 74.9 Å². The third-order valence-corrected chi connectivity index (χ3v) is 6.63. The first-order valence-electron chi connectivity index (χ1n) is 12.9. The van der Waals surface area contributed by atoms with E-state index in [1.54, 1.807) is 26.5 Å². The number of benzene rings is 3. The standard InChI is InChI=1S/C31H35N3O4/c1-8-21(5)38-29-22(12-11-15-27(29)36-6)18-32-34-30(33-26-14-10-9-13-23(26)31(34)35)25-17-24(19(2)3)28(37-7)16-20(25)4/h9-19,21H,8H2,1-7H3/t21-/m1/s1. The van der Waals surface area contributed by atoms with E-state index in [0.29, 0.717) is 33.8 Å². The molecule has 4 aromatic rings. The Kier molecular flexibility index (Phi) is 8.15. The lowest BCUT2D eigenvalue weighted by Gasteiger charge is -2.18. The lowest BCUT2D eigenvalue weighted by atomic mass is 9.96. The summed E-state index contributed by atoms with van der Waals surface area (Å²) < 4.78 is 18.7. The molecule has 0 unspecified atom stereocenters. The summed E-state index contributed by atoms with van der Waals surface area (Å²) in [4.78, 5) is 18.7. The molecular weight excluding hydrogens is 478 g/mol. The quantitative estimate of drug-likeness (QED) is 0.237. The highest BCUT2D eigenvalue weighted by Gasteiger charge is 2.19. The van der Waals surface area contributed by atoms with Crippen LogP contribution in [0.3, 0.4) is 0 Å². The average Bonchev–Trinajstić information content (AvgIpc) is 2.92. The molecule has 0 aliphatic heterocycles.